The molecule has 0 radical (unpaired) electrons. The number of nitrogens with zero attached hydrogens (tertiary/aromatic N) is 1. The maximum atomic E-state index is 13.7. The van der Waals surface area contributed by atoms with E-state index in [0.717, 1.165) is 22.3 Å². The van der Waals surface area contributed by atoms with Crippen molar-refractivity contribution < 1.29 is 13.5 Å². The highest BCUT2D eigenvalue weighted by atomic mass is 19.1. The van der Waals surface area contributed by atoms with Crippen molar-refractivity contribution in [2.24, 2.45) is 0 Å². The Hall–Kier alpha value is -2.33. The highest BCUT2D eigenvalue weighted by Crippen LogP contribution is 2.21. The van der Waals surface area contributed by atoms with Crippen LogP contribution in [0, 0.1) is 5.82 Å². The van der Waals surface area contributed by atoms with E-state index >= 15 is 0 Å². The van der Waals surface area contributed by atoms with E-state index < -0.39 is 0 Å². The summed E-state index contributed by atoms with van der Waals surface area (Å²) < 4.78 is 24.4. The maximum Gasteiger partial charge on any atom is 0.165 e. The second-order valence-corrected chi connectivity index (χ2v) is 5.39. The lowest BCUT2D eigenvalue weighted by atomic mass is 10.2. The molecule has 0 fully saturated rings. The monoisotopic (exact) mass is 299 g/mol. The minimum atomic E-state index is -0.336. The van der Waals surface area contributed by atoms with Gasteiger partial charge in [0, 0.05) is 11.9 Å². The van der Waals surface area contributed by atoms with Crippen molar-refractivity contribution in [2.45, 2.75) is 13.1 Å². The average Bonchev–Trinajstić information content (AvgIpc) is 2.89. The van der Waals surface area contributed by atoms with Crippen LogP contribution in [0.3, 0.4) is 0 Å². The first kappa shape index (κ1) is 14.6. The summed E-state index contributed by atoms with van der Waals surface area (Å²) in [6, 6.07) is 15.0. The lowest BCUT2D eigenvalue weighted by molar-refractivity contribution is 0.291. The van der Waals surface area contributed by atoms with Crippen molar-refractivity contribution in [3.8, 4) is 5.75 Å². The molecule has 0 aliphatic heterocycles. The summed E-state index contributed by atoms with van der Waals surface area (Å²) in [4.78, 5) is 2.08. The van der Waals surface area contributed by atoms with Crippen LogP contribution in [0.2, 0.25) is 0 Å². The van der Waals surface area contributed by atoms with Crippen LogP contribution in [0.1, 0.15) is 11.3 Å². The van der Waals surface area contributed by atoms with Gasteiger partial charge in [-0.2, -0.15) is 0 Å². The Morgan fingerprint density at radius 3 is 2.64 bits per heavy atom. The number of hydrogen-bond donors (Lipinski definition) is 0. The van der Waals surface area contributed by atoms with Crippen LogP contribution in [-0.2, 0) is 13.1 Å². The van der Waals surface area contributed by atoms with E-state index in [2.05, 4.69) is 4.90 Å². The van der Waals surface area contributed by atoms with Crippen LogP contribution < -0.4 is 4.74 Å². The summed E-state index contributed by atoms with van der Waals surface area (Å²) in [7, 11) is 3.45. The largest absolute Gasteiger partial charge is 0.494 e. The van der Waals surface area contributed by atoms with Gasteiger partial charge in [0.2, 0.25) is 0 Å². The molecule has 0 unspecified atom stereocenters. The van der Waals surface area contributed by atoms with Crippen LogP contribution in [0.15, 0.2) is 52.9 Å². The van der Waals surface area contributed by atoms with E-state index in [4.69, 9.17) is 9.15 Å². The minimum absolute atomic E-state index is 0.267. The molecule has 0 N–H and O–H groups in total. The zero-order valence-electron chi connectivity index (χ0n) is 12.7. The van der Waals surface area contributed by atoms with E-state index in [-0.39, 0.29) is 11.6 Å². The summed E-state index contributed by atoms with van der Waals surface area (Å²) in [5.74, 6) is 0.832. The Kier molecular flexibility index (Phi) is 4.11. The lowest BCUT2D eigenvalue weighted by Gasteiger charge is -2.15. The van der Waals surface area contributed by atoms with Crippen LogP contribution >= 0.6 is 0 Å². The smallest absolute Gasteiger partial charge is 0.165 e. The first-order valence-electron chi connectivity index (χ1n) is 7.14. The Balaban J connectivity index is 1.69. The lowest BCUT2D eigenvalue weighted by Crippen LogP contribution is -2.16. The van der Waals surface area contributed by atoms with E-state index in [9.17, 15) is 4.39 Å². The van der Waals surface area contributed by atoms with Gasteiger partial charge in [0.1, 0.15) is 11.3 Å². The fourth-order valence-corrected chi connectivity index (χ4v) is 2.56. The number of hydrogen-bond acceptors (Lipinski definition) is 3. The van der Waals surface area contributed by atoms with E-state index in [0.29, 0.717) is 13.1 Å². The molecular formula is C18H18FNO2. The highest BCUT2D eigenvalue weighted by Gasteiger charge is 2.09. The molecule has 0 bridgehead atoms. The molecule has 0 saturated heterocycles. The zero-order chi connectivity index (χ0) is 15.5. The molecule has 4 heteroatoms. The Morgan fingerprint density at radius 2 is 1.91 bits per heavy atom. The van der Waals surface area contributed by atoms with Crippen molar-refractivity contribution >= 4 is 11.0 Å². The quantitative estimate of drug-likeness (QED) is 0.705. The zero-order valence-corrected chi connectivity index (χ0v) is 12.7. The first-order valence-corrected chi connectivity index (χ1v) is 7.14. The van der Waals surface area contributed by atoms with Crippen molar-refractivity contribution in [1.29, 1.82) is 0 Å². The molecule has 0 aliphatic carbocycles. The standard InChI is InChI=1S/C18H18FNO2/c1-20(11-13-7-8-18(21-2)16(19)9-13)12-15-10-14-5-3-4-6-17(14)22-15/h3-10H,11-12H2,1-2H3. The van der Waals surface area contributed by atoms with Crippen molar-refractivity contribution in [2.75, 3.05) is 14.2 Å². The van der Waals surface area contributed by atoms with Gasteiger partial charge in [-0.25, -0.2) is 4.39 Å². The SMILES string of the molecule is COc1ccc(CN(C)Cc2cc3ccccc3o2)cc1F. The predicted octanol–water partition coefficient (Wildman–Crippen LogP) is 4.21. The Bertz CT molecular complexity index is 749. The van der Waals surface area contributed by atoms with E-state index in [1.807, 2.05) is 43.4 Å². The molecular weight excluding hydrogens is 281 g/mol. The van der Waals surface area contributed by atoms with Gasteiger partial charge in [-0.05, 0) is 36.9 Å². The number of furan rings is 1. The van der Waals surface area contributed by atoms with E-state index in [1.54, 1.807) is 6.07 Å². The molecule has 0 atom stereocenters. The van der Waals surface area contributed by atoms with Gasteiger partial charge >= 0.3 is 0 Å². The van der Waals surface area contributed by atoms with Crippen molar-refractivity contribution in [3.63, 3.8) is 0 Å². The normalized spacial score (nSPS) is 11.3. The molecule has 1 aromatic heterocycles. The van der Waals surface area contributed by atoms with Crippen LogP contribution in [-0.4, -0.2) is 19.1 Å². The second kappa shape index (κ2) is 6.20. The minimum Gasteiger partial charge on any atom is -0.494 e. The van der Waals surface area contributed by atoms with Crippen molar-refractivity contribution in [3.05, 3.63) is 65.7 Å². The Morgan fingerprint density at radius 1 is 1.09 bits per heavy atom. The topological polar surface area (TPSA) is 25.6 Å². The molecule has 114 valence electrons. The number of rotatable bonds is 5. The number of halogens is 1. The molecule has 1 heterocycles. The van der Waals surface area contributed by atoms with Gasteiger partial charge in [0.25, 0.3) is 0 Å². The summed E-state index contributed by atoms with van der Waals surface area (Å²) >= 11 is 0. The van der Waals surface area contributed by atoms with Gasteiger partial charge in [-0.1, -0.05) is 24.3 Å². The third-order valence-electron chi connectivity index (χ3n) is 3.57. The number of ether oxygens (including phenoxy) is 1. The van der Waals surface area contributed by atoms with Gasteiger partial charge < -0.3 is 9.15 Å². The third-order valence-corrected chi connectivity index (χ3v) is 3.57. The van der Waals surface area contributed by atoms with Crippen LogP contribution in [0.25, 0.3) is 11.0 Å². The second-order valence-electron chi connectivity index (χ2n) is 5.39. The molecule has 3 aromatic rings. The molecule has 0 amide bonds. The summed E-state index contributed by atoms with van der Waals surface area (Å²) in [6.07, 6.45) is 0. The molecule has 3 nitrogen and oxygen atoms in total. The number of methoxy groups -OCH3 is 1. The van der Waals surface area contributed by atoms with Gasteiger partial charge in [-0.3, -0.25) is 4.90 Å². The fourth-order valence-electron chi connectivity index (χ4n) is 2.56. The average molecular weight is 299 g/mol. The van der Waals surface area contributed by atoms with Crippen molar-refractivity contribution in [1.82, 2.24) is 4.90 Å². The van der Waals surface area contributed by atoms with Crippen LogP contribution in [0.5, 0.6) is 5.75 Å². The molecule has 0 aliphatic rings. The molecule has 3 rings (SSSR count). The first-order chi connectivity index (χ1) is 10.7. The number of fused-ring (bicyclic) bond motifs is 1. The predicted molar refractivity (Wildman–Crippen MR) is 84.3 cm³/mol. The summed E-state index contributed by atoms with van der Waals surface area (Å²) in [5.41, 5.74) is 1.79. The highest BCUT2D eigenvalue weighted by molar-refractivity contribution is 5.77. The Labute approximate surface area is 128 Å². The maximum absolute atomic E-state index is 13.7. The van der Waals surface area contributed by atoms with Gasteiger partial charge in [0.15, 0.2) is 11.6 Å². The molecule has 0 spiro atoms. The summed E-state index contributed by atoms with van der Waals surface area (Å²) in [6.45, 7) is 1.31. The fraction of sp³-hybridized carbons (Fsp3) is 0.222. The number of benzene rings is 2. The third kappa shape index (κ3) is 3.12. The van der Waals surface area contributed by atoms with Gasteiger partial charge in [-0.15, -0.1) is 0 Å². The molecule has 2 aromatic carbocycles. The molecule has 0 saturated carbocycles. The summed E-state index contributed by atoms with van der Waals surface area (Å²) in [5, 5.41) is 1.10. The van der Waals surface area contributed by atoms with Crippen LogP contribution in [0.4, 0.5) is 4.39 Å². The molecule has 22 heavy (non-hydrogen) atoms. The van der Waals surface area contributed by atoms with Gasteiger partial charge in [0.05, 0.1) is 13.7 Å². The number of para-hydroxylation sites is 1. The van der Waals surface area contributed by atoms with E-state index in [1.165, 1.54) is 13.2 Å².